The molecule has 1 atom stereocenters. The van der Waals surface area contributed by atoms with Crippen LogP contribution >= 0.6 is 0 Å². The largest absolute Gasteiger partial charge is 0.339 e. The molecule has 0 amide bonds. The predicted molar refractivity (Wildman–Crippen MR) is 125 cm³/mol. The highest BCUT2D eigenvalue weighted by Crippen LogP contribution is 2.35. The first-order valence-corrected chi connectivity index (χ1v) is 11.2. The van der Waals surface area contributed by atoms with Gasteiger partial charge in [0.05, 0.1) is 17.1 Å². The Labute approximate surface area is 184 Å². The number of carbonyl (C=O) groups excluding carboxylic acids is 1. The molecule has 0 radical (unpaired) electrons. The summed E-state index contributed by atoms with van der Waals surface area (Å²) in [6.45, 7) is 6.77. The van der Waals surface area contributed by atoms with Crippen LogP contribution < -0.4 is 5.84 Å². The van der Waals surface area contributed by atoms with E-state index in [1.54, 1.807) is 28.9 Å². The average Bonchev–Trinajstić information content (AvgIpc) is 3.14. The van der Waals surface area contributed by atoms with Crippen molar-refractivity contribution in [3.63, 3.8) is 0 Å². The van der Waals surface area contributed by atoms with Crippen LogP contribution in [0.3, 0.4) is 0 Å². The van der Waals surface area contributed by atoms with Gasteiger partial charge in [-0.1, -0.05) is 25.5 Å². The van der Waals surface area contributed by atoms with Crippen LogP contribution in [-0.2, 0) is 0 Å². The van der Waals surface area contributed by atoms with Crippen LogP contribution in [0, 0.1) is 11.3 Å². The highest BCUT2D eigenvalue weighted by Gasteiger charge is 2.26. The number of rotatable bonds is 6. The first kappa shape index (κ1) is 21.1. The minimum atomic E-state index is -0.0714. The summed E-state index contributed by atoms with van der Waals surface area (Å²) in [6, 6.07) is 15.3. The van der Waals surface area contributed by atoms with E-state index in [1.165, 1.54) is 18.4 Å². The number of nitrogens with zero attached hydrogens (tertiary/aromatic N) is 3. The Bertz CT molecular complexity index is 1130. The normalized spacial score (nSPS) is 16.3. The summed E-state index contributed by atoms with van der Waals surface area (Å²) in [6.07, 6.45) is 6.71. The number of nitriles is 1. The quantitative estimate of drug-likeness (QED) is 0.463. The molecule has 160 valence electrons. The van der Waals surface area contributed by atoms with Gasteiger partial charge in [-0.2, -0.15) is 5.26 Å². The summed E-state index contributed by atoms with van der Waals surface area (Å²) >= 11 is 0. The fraction of sp³-hybridized carbons (Fsp3) is 0.385. The lowest BCUT2D eigenvalue weighted by Gasteiger charge is -2.36. The molecule has 1 aliphatic heterocycles. The Morgan fingerprint density at radius 1 is 1.19 bits per heavy atom. The van der Waals surface area contributed by atoms with Crippen LogP contribution in [0.15, 0.2) is 48.7 Å². The Morgan fingerprint density at radius 2 is 1.94 bits per heavy atom. The first-order valence-electron chi connectivity index (χ1n) is 11.2. The number of ketones is 1. The molecule has 0 bridgehead atoms. The summed E-state index contributed by atoms with van der Waals surface area (Å²) < 4.78 is 1.68. The smallest absolute Gasteiger partial charge is 0.193 e. The van der Waals surface area contributed by atoms with E-state index in [0.29, 0.717) is 28.7 Å². The standard InChI is InChI=1S/C26H30N4O/c1-3-5-18(2)29-12-10-20(11-13-29)24-17-30(28)25-9-8-22(15-23(24)25)26(31)21-7-4-6-19(14-21)16-27/h4,6-9,14-15,17-18,20H,3,5,10-13,28H2,1-2H3. The number of likely N-dealkylation sites (tertiary alicyclic amines) is 1. The third kappa shape index (κ3) is 4.22. The van der Waals surface area contributed by atoms with Crippen molar-refractivity contribution in [1.29, 1.82) is 5.26 Å². The van der Waals surface area contributed by atoms with Crippen LogP contribution in [0.5, 0.6) is 0 Å². The molecule has 1 saturated heterocycles. The third-order valence-electron chi connectivity index (χ3n) is 6.68. The number of aromatic nitrogens is 1. The van der Waals surface area contributed by atoms with E-state index in [-0.39, 0.29) is 5.78 Å². The minimum Gasteiger partial charge on any atom is -0.339 e. The van der Waals surface area contributed by atoms with Gasteiger partial charge in [-0.3, -0.25) is 9.47 Å². The van der Waals surface area contributed by atoms with Crippen LogP contribution in [0.2, 0.25) is 0 Å². The molecule has 5 nitrogen and oxygen atoms in total. The molecule has 2 aromatic carbocycles. The molecule has 0 saturated carbocycles. The van der Waals surface area contributed by atoms with Gasteiger partial charge in [0.2, 0.25) is 0 Å². The zero-order valence-corrected chi connectivity index (χ0v) is 18.3. The number of hydrogen-bond donors (Lipinski definition) is 1. The van der Waals surface area contributed by atoms with E-state index in [0.717, 1.165) is 36.8 Å². The molecule has 0 spiro atoms. The van der Waals surface area contributed by atoms with Gasteiger partial charge in [0.25, 0.3) is 0 Å². The highest BCUT2D eigenvalue weighted by molar-refractivity contribution is 6.11. The lowest BCUT2D eigenvalue weighted by Crippen LogP contribution is -2.39. The van der Waals surface area contributed by atoms with Gasteiger partial charge in [-0.05, 0) is 81.1 Å². The maximum Gasteiger partial charge on any atom is 0.193 e. The van der Waals surface area contributed by atoms with Gasteiger partial charge in [0.15, 0.2) is 5.78 Å². The van der Waals surface area contributed by atoms with Gasteiger partial charge in [-0.15, -0.1) is 0 Å². The van der Waals surface area contributed by atoms with E-state index in [9.17, 15) is 4.79 Å². The van der Waals surface area contributed by atoms with Crippen molar-refractivity contribution in [2.45, 2.75) is 51.5 Å². The predicted octanol–water partition coefficient (Wildman–Crippen LogP) is 4.83. The molecular weight excluding hydrogens is 384 g/mol. The van der Waals surface area contributed by atoms with Crippen LogP contribution in [0.1, 0.15) is 72.5 Å². The fourth-order valence-corrected chi connectivity index (χ4v) is 4.90. The second-order valence-corrected chi connectivity index (χ2v) is 8.69. The number of piperidine rings is 1. The van der Waals surface area contributed by atoms with Crippen molar-refractivity contribution >= 4 is 16.7 Å². The van der Waals surface area contributed by atoms with Crippen molar-refractivity contribution in [2.75, 3.05) is 18.9 Å². The topological polar surface area (TPSA) is 75.0 Å². The molecule has 2 heterocycles. The van der Waals surface area contributed by atoms with E-state index in [2.05, 4.69) is 24.8 Å². The summed E-state index contributed by atoms with van der Waals surface area (Å²) in [5.74, 6) is 6.64. The summed E-state index contributed by atoms with van der Waals surface area (Å²) in [5.41, 5.74) is 3.83. The summed E-state index contributed by atoms with van der Waals surface area (Å²) in [5, 5.41) is 10.2. The van der Waals surface area contributed by atoms with Crippen molar-refractivity contribution in [3.8, 4) is 6.07 Å². The SMILES string of the molecule is CCCC(C)N1CCC(c2cn(N)c3ccc(C(=O)c4cccc(C#N)c4)cc23)CC1. The lowest BCUT2D eigenvalue weighted by atomic mass is 9.88. The Morgan fingerprint density at radius 3 is 2.65 bits per heavy atom. The molecule has 2 N–H and O–H groups in total. The Balaban J connectivity index is 1.61. The monoisotopic (exact) mass is 414 g/mol. The molecule has 1 unspecified atom stereocenters. The molecular formula is C26H30N4O. The molecule has 1 aliphatic rings. The first-order chi connectivity index (χ1) is 15.0. The Hall–Kier alpha value is -3.10. The maximum absolute atomic E-state index is 13.1. The Kier molecular flexibility index (Phi) is 6.11. The van der Waals surface area contributed by atoms with E-state index in [1.807, 2.05) is 24.4 Å². The second kappa shape index (κ2) is 8.95. The number of benzene rings is 2. The number of carbonyl (C=O) groups is 1. The van der Waals surface area contributed by atoms with Crippen molar-refractivity contribution in [1.82, 2.24) is 9.58 Å². The molecule has 31 heavy (non-hydrogen) atoms. The lowest BCUT2D eigenvalue weighted by molar-refractivity contribution is 0.103. The van der Waals surface area contributed by atoms with Crippen molar-refractivity contribution in [3.05, 3.63) is 70.9 Å². The van der Waals surface area contributed by atoms with Gasteiger partial charge in [0, 0.05) is 28.8 Å². The van der Waals surface area contributed by atoms with Crippen LogP contribution in [-0.4, -0.2) is 34.5 Å². The van der Waals surface area contributed by atoms with Gasteiger partial charge in [-0.25, -0.2) is 0 Å². The van der Waals surface area contributed by atoms with Gasteiger partial charge < -0.3 is 10.7 Å². The molecule has 4 rings (SSSR count). The zero-order valence-electron chi connectivity index (χ0n) is 18.3. The number of nitrogens with two attached hydrogens (primary N) is 1. The minimum absolute atomic E-state index is 0.0714. The van der Waals surface area contributed by atoms with Crippen LogP contribution in [0.4, 0.5) is 0 Å². The zero-order chi connectivity index (χ0) is 22.0. The average molecular weight is 415 g/mol. The highest BCUT2D eigenvalue weighted by atomic mass is 16.1. The molecule has 0 aliphatic carbocycles. The second-order valence-electron chi connectivity index (χ2n) is 8.69. The maximum atomic E-state index is 13.1. The third-order valence-corrected chi connectivity index (χ3v) is 6.68. The number of fused-ring (bicyclic) bond motifs is 1. The van der Waals surface area contributed by atoms with Gasteiger partial charge in [0.1, 0.15) is 0 Å². The van der Waals surface area contributed by atoms with E-state index < -0.39 is 0 Å². The van der Waals surface area contributed by atoms with Crippen LogP contribution in [0.25, 0.3) is 10.9 Å². The fourth-order valence-electron chi connectivity index (χ4n) is 4.90. The molecule has 1 aromatic heterocycles. The van der Waals surface area contributed by atoms with E-state index >= 15 is 0 Å². The number of hydrogen-bond acceptors (Lipinski definition) is 4. The van der Waals surface area contributed by atoms with Crippen molar-refractivity contribution in [2.24, 2.45) is 0 Å². The number of nitrogen functional groups attached to an aromatic ring is 1. The summed E-state index contributed by atoms with van der Waals surface area (Å²) in [4.78, 5) is 15.7. The van der Waals surface area contributed by atoms with Gasteiger partial charge >= 0.3 is 0 Å². The molecule has 1 fully saturated rings. The molecule has 5 heteroatoms. The summed E-state index contributed by atoms with van der Waals surface area (Å²) in [7, 11) is 0. The molecule has 3 aromatic rings. The van der Waals surface area contributed by atoms with Crippen molar-refractivity contribution < 1.29 is 4.79 Å². The van der Waals surface area contributed by atoms with E-state index in [4.69, 9.17) is 11.1 Å².